The summed E-state index contributed by atoms with van der Waals surface area (Å²) >= 11 is 0. The third-order valence-corrected chi connectivity index (χ3v) is 7.24. The molecule has 2 aromatic carbocycles. The molecule has 1 amide bonds. The molecule has 0 radical (unpaired) electrons. The Balaban J connectivity index is 1.60. The van der Waals surface area contributed by atoms with Gasteiger partial charge >= 0.3 is 0 Å². The second kappa shape index (κ2) is 11.5. The first kappa shape index (κ1) is 25.1. The van der Waals surface area contributed by atoms with E-state index in [9.17, 15) is 13.2 Å². The van der Waals surface area contributed by atoms with Crippen molar-refractivity contribution in [1.29, 1.82) is 0 Å². The van der Waals surface area contributed by atoms with E-state index < -0.39 is 10.0 Å². The number of nitrogens with one attached hydrogen (secondary N) is 1. The third-order valence-electron chi connectivity index (χ3n) is 6.06. The van der Waals surface area contributed by atoms with Crippen LogP contribution in [0.2, 0.25) is 0 Å². The van der Waals surface area contributed by atoms with E-state index in [0.29, 0.717) is 44.2 Å². The molecule has 1 N–H and O–H groups in total. The zero-order chi connectivity index (χ0) is 23.7. The summed E-state index contributed by atoms with van der Waals surface area (Å²) in [5.41, 5.74) is 1.57. The fourth-order valence-electron chi connectivity index (χ4n) is 4.27. The number of hydrogen-bond donors (Lipinski definition) is 1. The number of nitrogens with zero attached hydrogens (tertiary/aromatic N) is 1. The Labute approximate surface area is 197 Å². The SMILES string of the molecule is CCOc1ccccc1N(CCCC(=O)NCC1(c2ccccc2)CCOCC1)S(C)(=O)=O. The van der Waals surface area contributed by atoms with Crippen LogP contribution in [0.5, 0.6) is 5.75 Å². The van der Waals surface area contributed by atoms with Crippen molar-refractivity contribution in [3.63, 3.8) is 0 Å². The topological polar surface area (TPSA) is 84.9 Å². The summed E-state index contributed by atoms with van der Waals surface area (Å²) in [7, 11) is -3.52. The molecule has 2 aromatic rings. The molecular weight excluding hydrogens is 440 g/mol. The van der Waals surface area contributed by atoms with Crippen LogP contribution in [0.3, 0.4) is 0 Å². The van der Waals surface area contributed by atoms with Crippen molar-refractivity contribution in [3.8, 4) is 5.75 Å². The van der Waals surface area contributed by atoms with Crippen LogP contribution in [0.15, 0.2) is 54.6 Å². The Morgan fingerprint density at radius 1 is 1.09 bits per heavy atom. The third kappa shape index (κ3) is 6.71. The Kier molecular flexibility index (Phi) is 8.74. The van der Waals surface area contributed by atoms with Crippen LogP contribution in [0.4, 0.5) is 5.69 Å². The van der Waals surface area contributed by atoms with Gasteiger partial charge in [0, 0.05) is 38.1 Å². The normalized spacial score (nSPS) is 15.6. The summed E-state index contributed by atoms with van der Waals surface area (Å²) in [5.74, 6) is 0.433. The molecule has 0 saturated carbocycles. The van der Waals surface area contributed by atoms with Gasteiger partial charge in [-0.25, -0.2) is 8.42 Å². The van der Waals surface area contributed by atoms with Crippen LogP contribution in [-0.2, 0) is 25.0 Å². The smallest absolute Gasteiger partial charge is 0.232 e. The molecular formula is C25H34N2O5S. The quantitative estimate of drug-likeness (QED) is 0.539. The van der Waals surface area contributed by atoms with Crippen LogP contribution < -0.4 is 14.4 Å². The second-order valence-electron chi connectivity index (χ2n) is 8.37. The van der Waals surface area contributed by atoms with E-state index in [2.05, 4.69) is 17.4 Å². The predicted molar refractivity (Wildman–Crippen MR) is 130 cm³/mol. The minimum Gasteiger partial charge on any atom is -0.492 e. The lowest BCUT2D eigenvalue weighted by atomic mass is 9.74. The molecule has 7 nitrogen and oxygen atoms in total. The Bertz CT molecular complexity index is 1000. The summed E-state index contributed by atoms with van der Waals surface area (Å²) in [6.45, 7) is 4.38. The van der Waals surface area contributed by atoms with Gasteiger partial charge in [-0.15, -0.1) is 0 Å². The molecule has 8 heteroatoms. The van der Waals surface area contributed by atoms with Crippen LogP contribution in [0.1, 0.15) is 38.2 Å². The largest absolute Gasteiger partial charge is 0.492 e. The molecule has 1 aliphatic rings. The van der Waals surface area contributed by atoms with Crippen molar-refractivity contribution in [2.45, 2.75) is 38.0 Å². The van der Waals surface area contributed by atoms with Gasteiger partial charge in [-0.3, -0.25) is 9.10 Å². The molecule has 1 heterocycles. The summed E-state index contributed by atoms with van der Waals surface area (Å²) in [5, 5.41) is 3.09. The molecule has 0 aliphatic carbocycles. The van der Waals surface area contributed by atoms with Crippen LogP contribution in [-0.4, -0.2) is 53.5 Å². The monoisotopic (exact) mass is 474 g/mol. The summed E-state index contributed by atoms with van der Waals surface area (Å²) < 4.78 is 37.4. The van der Waals surface area contributed by atoms with Gasteiger partial charge in [-0.2, -0.15) is 0 Å². The maximum absolute atomic E-state index is 12.7. The lowest BCUT2D eigenvalue weighted by molar-refractivity contribution is -0.121. The number of rotatable bonds is 11. The first-order chi connectivity index (χ1) is 15.9. The zero-order valence-electron chi connectivity index (χ0n) is 19.5. The first-order valence-electron chi connectivity index (χ1n) is 11.5. The van der Waals surface area contributed by atoms with E-state index in [1.807, 2.05) is 25.1 Å². The average Bonchev–Trinajstić information content (AvgIpc) is 2.82. The Morgan fingerprint density at radius 2 is 1.76 bits per heavy atom. The van der Waals surface area contributed by atoms with Gasteiger partial charge in [0.05, 0.1) is 18.6 Å². The highest BCUT2D eigenvalue weighted by Gasteiger charge is 2.34. The number of amides is 1. The lowest BCUT2D eigenvalue weighted by Crippen LogP contribution is -2.44. The van der Waals surface area contributed by atoms with E-state index in [-0.39, 0.29) is 24.3 Å². The minimum atomic E-state index is -3.52. The number of para-hydroxylation sites is 2. The van der Waals surface area contributed by atoms with Gasteiger partial charge in [0.2, 0.25) is 15.9 Å². The van der Waals surface area contributed by atoms with E-state index in [0.717, 1.165) is 12.8 Å². The van der Waals surface area contributed by atoms with Crippen molar-refractivity contribution in [2.24, 2.45) is 0 Å². The highest BCUT2D eigenvalue weighted by atomic mass is 32.2. The molecule has 0 aromatic heterocycles. The minimum absolute atomic E-state index is 0.0802. The molecule has 0 atom stereocenters. The van der Waals surface area contributed by atoms with Crippen LogP contribution in [0, 0.1) is 0 Å². The molecule has 1 aliphatic heterocycles. The summed E-state index contributed by atoms with van der Waals surface area (Å²) in [6, 6.07) is 17.3. The maximum atomic E-state index is 12.7. The molecule has 180 valence electrons. The number of ether oxygens (including phenoxy) is 2. The standard InChI is InChI=1S/C25H34N2O5S/c1-3-32-23-13-8-7-12-22(23)27(33(2,29)30)17-9-14-24(28)26-20-25(15-18-31-19-16-25)21-10-5-4-6-11-21/h4-8,10-13H,3,9,14-20H2,1-2H3,(H,26,28). The maximum Gasteiger partial charge on any atom is 0.232 e. The van der Waals surface area contributed by atoms with E-state index in [1.165, 1.54) is 16.1 Å². The van der Waals surface area contributed by atoms with Gasteiger partial charge in [0.25, 0.3) is 0 Å². The number of hydrogen-bond acceptors (Lipinski definition) is 5. The fourth-order valence-corrected chi connectivity index (χ4v) is 5.24. The van der Waals surface area contributed by atoms with Gasteiger partial charge < -0.3 is 14.8 Å². The Morgan fingerprint density at radius 3 is 2.42 bits per heavy atom. The van der Waals surface area contributed by atoms with Crippen LogP contribution >= 0.6 is 0 Å². The van der Waals surface area contributed by atoms with Crippen LogP contribution in [0.25, 0.3) is 0 Å². The van der Waals surface area contributed by atoms with Gasteiger partial charge in [0.1, 0.15) is 5.75 Å². The number of benzene rings is 2. The van der Waals surface area contributed by atoms with Crippen molar-refractivity contribution < 1.29 is 22.7 Å². The van der Waals surface area contributed by atoms with Crippen molar-refractivity contribution >= 4 is 21.6 Å². The van der Waals surface area contributed by atoms with Crippen molar-refractivity contribution in [1.82, 2.24) is 5.32 Å². The van der Waals surface area contributed by atoms with Gasteiger partial charge in [-0.1, -0.05) is 42.5 Å². The van der Waals surface area contributed by atoms with Gasteiger partial charge in [-0.05, 0) is 43.9 Å². The highest BCUT2D eigenvalue weighted by Crippen LogP contribution is 2.34. The number of carbonyl (C=O) groups is 1. The van der Waals surface area contributed by atoms with Crippen molar-refractivity contribution in [2.75, 3.05) is 43.5 Å². The van der Waals surface area contributed by atoms with E-state index in [1.54, 1.807) is 24.3 Å². The van der Waals surface area contributed by atoms with Crippen molar-refractivity contribution in [3.05, 3.63) is 60.2 Å². The highest BCUT2D eigenvalue weighted by molar-refractivity contribution is 7.92. The molecule has 0 bridgehead atoms. The summed E-state index contributed by atoms with van der Waals surface area (Å²) in [4.78, 5) is 12.7. The molecule has 1 saturated heterocycles. The molecule has 0 spiro atoms. The van der Waals surface area contributed by atoms with Gasteiger partial charge in [0.15, 0.2) is 0 Å². The molecule has 3 rings (SSSR count). The fraction of sp³-hybridized carbons (Fsp3) is 0.480. The molecule has 1 fully saturated rings. The molecule has 33 heavy (non-hydrogen) atoms. The number of anilines is 1. The first-order valence-corrected chi connectivity index (χ1v) is 13.3. The average molecular weight is 475 g/mol. The predicted octanol–water partition coefficient (Wildman–Crippen LogP) is 3.50. The zero-order valence-corrected chi connectivity index (χ0v) is 20.3. The number of sulfonamides is 1. The van der Waals surface area contributed by atoms with E-state index >= 15 is 0 Å². The lowest BCUT2D eigenvalue weighted by Gasteiger charge is -2.38. The second-order valence-corrected chi connectivity index (χ2v) is 10.3. The summed E-state index contributed by atoms with van der Waals surface area (Å²) in [6.07, 6.45) is 3.52. The number of carbonyl (C=O) groups excluding carboxylic acids is 1. The van der Waals surface area contributed by atoms with E-state index in [4.69, 9.17) is 9.47 Å². The Hall–Kier alpha value is -2.58. The molecule has 0 unspecified atom stereocenters.